The van der Waals surface area contributed by atoms with Gasteiger partial charge in [-0.2, -0.15) is 0 Å². The first kappa shape index (κ1) is 16.3. The topological polar surface area (TPSA) is 57.2 Å². The van der Waals surface area contributed by atoms with Gasteiger partial charge in [0.2, 0.25) is 5.75 Å². The summed E-state index contributed by atoms with van der Waals surface area (Å²) in [6, 6.07) is 2.16. The van der Waals surface area contributed by atoms with Crippen molar-refractivity contribution in [3.8, 4) is 17.2 Å². The molecule has 0 unspecified atom stereocenters. The van der Waals surface area contributed by atoms with E-state index >= 15 is 0 Å². The highest BCUT2D eigenvalue weighted by molar-refractivity contribution is 5.97. The van der Waals surface area contributed by atoms with Gasteiger partial charge in [-0.25, -0.2) is 4.79 Å². The van der Waals surface area contributed by atoms with Crippen LogP contribution in [0.25, 0.3) is 0 Å². The van der Waals surface area contributed by atoms with Crippen LogP contribution in [0.1, 0.15) is 34.7 Å². The number of likely N-dealkylation sites (N-methyl/N-ethyl adjacent to an activating group) is 1. The fraction of sp³-hybridized carbons (Fsp3) is 0.526. The molecule has 3 atom stereocenters. The van der Waals surface area contributed by atoms with Crippen molar-refractivity contribution < 1.29 is 23.7 Å². The molecule has 0 N–H and O–H groups in total. The van der Waals surface area contributed by atoms with E-state index in [-0.39, 0.29) is 24.0 Å². The van der Waals surface area contributed by atoms with Crippen LogP contribution in [0.5, 0.6) is 17.2 Å². The molecule has 3 aliphatic rings. The molecule has 0 bridgehead atoms. The molecule has 4 rings (SSSR count). The molecule has 0 aromatic heterocycles. The summed E-state index contributed by atoms with van der Waals surface area (Å²) in [5.41, 5.74) is 2.82. The number of hydrogen-bond acceptors (Lipinski definition) is 6. The van der Waals surface area contributed by atoms with Crippen molar-refractivity contribution in [1.82, 2.24) is 4.90 Å². The molecule has 25 heavy (non-hydrogen) atoms. The lowest BCUT2D eigenvalue weighted by molar-refractivity contribution is 0.00856. The molecule has 6 heteroatoms. The average Bonchev–Trinajstić information content (AvgIpc) is 3.00. The van der Waals surface area contributed by atoms with E-state index in [0.717, 1.165) is 24.9 Å². The minimum absolute atomic E-state index is 0.0777. The summed E-state index contributed by atoms with van der Waals surface area (Å²) in [6.07, 6.45) is 3.91. The first-order valence-corrected chi connectivity index (χ1v) is 8.53. The number of methoxy groups -OCH3 is 3. The van der Waals surface area contributed by atoms with Crippen LogP contribution in [0.15, 0.2) is 17.7 Å². The van der Waals surface area contributed by atoms with E-state index in [9.17, 15) is 4.79 Å². The molecule has 2 heterocycles. The molecule has 1 aromatic carbocycles. The van der Waals surface area contributed by atoms with Crippen LogP contribution < -0.4 is 14.2 Å². The standard InChI is InChI=1S/C19H23NO5/c1-20-8-7-10-5-6-12-14(16(10)20)11-9-13(22-2)17(23-3)18(24-4)15(11)19(21)25-12/h5,9,12,14,16H,6-8H2,1-4H3/t12-,14-,16-/m1/s1. The Morgan fingerprint density at radius 1 is 1.16 bits per heavy atom. The van der Waals surface area contributed by atoms with Gasteiger partial charge >= 0.3 is 5.97 Å². The molecule has 0 spiro atoms. The summed E-state index contributed by atoms with van der Waals surface area (Å²) in [5.74, 6) is 1.10. The maximum atomic E-state index is 12.7. The lowest BCUT2D eigenvalue weighted by atomic mass is 9.74. The van der Waals surface area contributed by atoms with Gasteiger partial charge in [0.1, 0.15) is 11.7 Å². The number of ether oxygens (including phenoxy) is 4. The molecule has 0 saturated carbocycles. The lowest BCUT2D eigenvalue weighted by Gasteiger charge is -2.42. The van der Waals surface area contributed by atoms with Crippen molar-refractivity contribution in [2.75, 3.05) is 34.9 Å². The predicted octanol–water partition coefficient (Wildman–Crippen LogP) is 2.37. The molecule has 1 saturated heterocycles. The van der Waals surface area contributed by atoms with Crippen molar-refractivity contribution in [2.24, 2.45) is 0 Å². The Morgan fingerprint density at radius 2 is 1.92 bits per heavy atom. The van der Waals surface area contributed by atoms with Gasteiger partial charge in [0.25, 0.3) is 0 Å². The number of benzene rings is 1. The third-order valence-corrected chi connectivity index (χ3v) is 5.64. The molecule has 0 amide bonds. The van der Waals surface area contributed by atoms with E-state index in [1.165, 1.54) is 19.8 Å². The van der Waals surface area contributed by atoms with E-state index < -0.39 is 0 Å². The molecule has 1 aliphatic carbocycles. The summed E-state index contributed by atoms with van der Waals surface area (Å²) in [6.45, 7) is 1.02. The van der Waals surface area contributed by atoms with Crippen molar-refractivity contribution in [1.29, 1.82) is 0 Å². The van der Waals surface area contributed by atoms with Crippen LogP contribution in [0.3, 0.4) is 0 Å². The van der Waals surface area contributed by atoms with Crippen molar-refractivity contribution in [3.63, 3.8) is 0 Å². The summed E-state index contributed by atoms with van der Waals surface area (Å²) < 4.78 is 22.3. The Kier molecular flexibility index (Phi) is 3.87. The highest BCUT2D eigenvalue weighted by Crippen LogP contribution is 2.51. The number of likely N-dealkylation sites (tertiary alicyclic amines) is 1. The summed E-state index contributed by atoms with van der Waals surface area (Å²) >= 11 is 0. The van der Waals surface area contributed by atoms with Gasteiger partial charge in [-0.05, 0) is 25.1 Å². The predicted molar refractivity (Wildman–Crippen MR) is 91.8 cm³/mol. The van der Waals surface area contributed by atoms with Crippen molar-refractivity contribution in [3.05, 3.63) is 28.8 Å². The second-order valence-corrected chi connectivity index (χ2v) is 6.77. The highest BCUT2D eigenvalue weighted by atomic mass is 16.6. The van der Waals surface area contributed by atoms with Gasteiger partial charge in [0, 0.05) is 24.9 Å². The molecular weight excluding hydrogens is 322 g/mol. The van der Waals surface area contributed by atoms with Crippen LogP contribution in [-0.2, 0) is 4.74 Å². The van der Waals surface area contributed by atoms with Gasteiger partial charge in [0.15, 0.2) is 11.5 Å². The van der Waals surface area contributed by atoms with Gasteiger partial charge < -0.3 is 18.9 Å². The van der Waals surface area contributed by atoms with Crippen LogP contribution in [0.4, 0.5) is 0 Å². The molecule has 6 nitrogen and oxygen atoms in total. The van der Waals surface area contributed by atoms with Crippen LogP contribution >= 0.6 is 0 Å². The third-order valence-electron chi connectivity index (χ3n) is 5.64. The monoisotopic (exact) mass is 345 g/mol. The third kappa shape index (κ3) is 2.24. The number of esters is 1. The maximum Gasteiger partial charge on any atom is 0.342 e. The average molecular weight is 345 g/mol. The zero-order valence-corrected chi connectivity index (χ0v) is 15.0. The van der Waals surface area contributed by atoms with E-state index in [1.54, 1.807) is 7.11 Å². The molecule has 1 aromatic rings. The Bertz CT molecular complexity index is 757. The molecule has 2 aliphatic heterocycles. The number of carbonyl (C=O) groups is 1. The minimum atomic E-state index is -0.355. The summed E-state index contributed by atoms with van der Waals surface area (Å²) in [5, 5.41) is 0. The second-order valence-electron chi connectivity index (χ2n) is 6.77. The number of fused-ring (bicyclic) bond motifs is 5. The quantitative estimate of drug-likeness (QED) is 0.619. The first-order chi connectivity index (χ1) is 12.1. The van der Waals surface area contributed by atoms with E-state index in [0.29, 0.717) is 22.8 Å². The van der Waals surface area contributed by atoms with Crippen molar-refractivity contribution in [2.45, 2.75) is 30.9 Å². The summed E-state index contributed by atoms with van der Waals surface area (Å²) in [4.78, 5) is 15.1. The molecular formula is C19H23NO5. The normalized spacial score (nSPS) is 27.6. The van der Waals surface area contributed by atoms with Crippen LogP contribution in [0.2, 0.25) is 0 Å². The number of hydrogen-bond donors (Lipinski definition) is 0. The van der Waals surface area contributed by atoms with Gasteiger partial charge in [-0.15, -0.1) is 0 Å². The fourth-order valence-corrected chi connectivity index (χ4v) is 4.56. The zero-order chi connectivity index (χ0) is 17.7. The smallest absolute Gasteiger partial charge is 0.342 e. The zero-order valence-electron chi connectivity index (χ0n) is 15.0. The van der Waals surface area contributed by atoms with Crippen molar-refractivity contribution >= 4 is 5.97 Å². The molecule has 1 fully saturated rings. The van der Waals surface area contributed by atoms with Gasteiger partial charge in [-0.3, -0.25) is 4.90 Å². The van der Waals surface area contributed by atoms with Gasteiger partial charge in [0.05, 0.1) is 21.3 Å². The number of rotatable bonds is 3. The summed E-state index contributed by atoms with van der Waals surface area (Å²) in [7, 11) is 6.79. The lowest BCUT2D eigenvalue weighted by Crippen LogP contribution is -2.45. The minimum Gasteiger partial charge on any atom is -0.493 e. The number of nitrogens with zero attached hydrogens (tertiary/aromatic N) is 1. The Balaban J connectivity index is 1.95. The number of carbonyl (C=O) groups excluding carboxylic acids is 1. The van der Waals surface area contributed by atoms with E-state index in [4.69, 9.17) is 18.9 Å². The largest absolute Gasteiger partial charge is 0.493 e. The van der Waals surface area contributed by atoms with Gasteiger partial charge in [-0.1, -0.05) is 11.6 Å². The highest BCUT2D eigenvalue weighted by Gasteiger charge is 2.48. The first-order valence-electron chi connectivity index (χ1n) is 8.53. The Hall–Kier alpha value is -2.21. The van der Waals surface area contributed by atoms with E-state index in [1.807, 2.05) is 6.07 Å². The second kappa shape index (κ2) is 5.95. The molecule has 0 radical (unpaired) electrons. The molecule has 134 valence electrons. The van der Waals surface area contributed by atoms with E-state index in [2.05, 4.69) is 18.0 Å². The fourth-order valence-electron chi connectivity index (χ4n) is 4.56. The maximum absolute atomic E-state index is 12.7. The Morgan fingerprint density at radius 3 is 2.60 bits per heavy atom. The SMILES string of the molecule is COc1cc2c(c(OC)c1OC)C(=O)O[C@@H]1CC=C3CCN(C)[C@H]3[C@H]21. The van der Waals surface area contributed by atoms with Crippen LogP contribution in [-0.4, -0.2) is 57.9 Å². The Labute approximate surface area is 147 Å². The van der Waals surface area contributed by atoms with Crippen LogP contribution in [0, 0.1) is 0 Å².